The van der Waals surface area contributed by atoms with Crippen LogP contribution >= 0.6 is 0 Å². The molecule has 2 rings (SSSR count). The molecule has 0 atom stereocenters. The summed E-state index contributed by atoms with van der Waals surface area (Å²) in [4.78, 5) is 4.08. The van der Waals surface area contributed by atoms with Crippen molar-refractivity contribution in [3.8, 4) is 0 Å². The minimum absolute atomic E-state index is 0.754. The Labute approximate surface area is 101 Å². The lowest BCUT2D eigenvalue weighted by atomic mass is 10.1. The van der Waals surface area contributed by atoms with Crippen LogP contribution in [0.4, 0.5) is 11.4 Å². The second kappa shape index (κ2) is 5.50. The van der Waals surface area contributed by atoms with Crippen LogP contribution in [-0.2, 0) is 4.74 Å². The number of methoxy groups -OCH3 is 1. The quantitative estimate of drug-likeness (QED) is 0.612. The van der Waals surface area contributed by atoms with Gasteiger partial charge >= 0.3 is 0 Å². The van der Waals surface area contributed by atoms with E-state index in [4.69, 9.17) is 10.5 Å². The van der Waals surface area contributed by atoms with E-state index >= 15 is 0 Å². The molecule has 0 bridgehead atoms. The van der Waals surface area contributed by atoms with Crippen molar-refractivity contribution in [2.75, 3.05) is 31.3 Å². The Morgan fingerprint density at radius 3 is 3.06 bits per heavy atom. The van der Waals surface area contributed by atoms with Crippen LogP contribution in [0.2, 0.25) is 0 Å². The lowest BCUT2D eigenvalue weighted by molar-refractivity contribution is 0.198. The van der Waals surface area contributed by atoms with E-state index in [1.807, 2.05) is 24.4 Å². The first-order valence-electron chi connectivity index (χ1n) is 5.68. The number of pyridine rings is 1. The van der Waals surface area contributed by atoms with Gasteiger partial charge in [-0.2, -0.15) is 0 Å². The fourth-order valence-corrected chi connectivity index (χ4v) is 1.79. The third-order valence-corrected chi connectivity index (χ3v) is 2.70. The van der Waals surface area contributed by atoms with E-state index < -0.39 is 0 Å². The third kappa shape index (κ3) is 2.65. The fraction of sp³-hybridized carbons (Fsp3) is 0.308. The van der Waals surface area contributed by atoms with Gasteiger partial charge in [0.05, 0.1) is 11.4 Å². The maximum atomic E-state index is 6.11. The topological polar surface area (TPSA) is 60.2 Å². The summed E-state index contributed by atoms with van der Waals surface area (Å²) in [5.74, 6) is 0. The molecule has 1 heterocycles. The summed E-state index contributed by atoms with van der Waals surface area (Å²) in [6.45, 7) is 1.61. The minimum atomic E-state index is 0.754. The van der Waals surface area contributed by atoms with Gasteiger partial charge in [-0.1, -0.05) is 6.07 Å². The van der Waals surface area contributed by atoms with Crippen molar-refractivity contribution >= 4 is 22.1 Å². The van der Waals surface area contributed by atoms with E-state index in [0.717, 1.165) is 41.7 Å². The van der Waals surface area contributed by atoms with E-state index in [1.54, 1.807) is 13.3 Å². The molecule has 0 aliphatic rings. The summed E-state index contributed by atoms with van der Waals surface area (Å²) < 4.78 is 5.00. The van der Waals surface area contributed by atoms with Crippen LogP contribution in [0.5, 0.6) is 0 Å². The van der Waals surface area contributed by atoms with Crippen LogP contribution in [0.15, 0.2) is 30.6 Å². The standard InChI is InChI=1S/C13H17N3O/c1-17-8-2-6-16-12-4-3-10-9-15-7-5-11(10)13(12)14/h3-5,7,9,16H,2,6,8,14H2,1H3. The Bertz CT molecular complexity index is 499. The normalized spacial score (nSPS) is 10.6. The number of nitrogens with two attached hydrogens (primary N) is 1. The summed E-state index contributed by atoms with van der Waals surface area (Å²) >= 11 is 0. The minimum Gasteiger partial charge on any atom is -0.397 e. The molecule has 1 aromatic heterocycles. The number of nitrogens with one attached hydrogen (secondary N) is 1. The van der Waals surface area contributed by atoms with Crippen LogP contribution < -0.4 is 11.1 Å². The zero-order valence-electron chi connectivity index (χ0n) is 9.94. The number of nitrogen functional groups attached to an aromatic ring is 1. The molecule has 0 aliphatic carbocycles. The number of anilines is 2. The maximum Gasteiger partial charge on any atom is 0.0630 e. The summed E-state index contributed by atoms with van der Waals surface area (Å²) in [5, 5.41) is 5.42. The SMILES string of the molecule is COCCCNc1ccc2cnccc2c1N. The zero-order chi connectivity index (χ0) is 12.1. The Balaban J connectivity index is 2.15. The Morgan fingerprint density at radius 1 is 1.35 bits per heavy atom. The molecule has 2 aromatic rings. The lowest BCUT2D eigenvalue weighted by Crippen LogP contribution is -2.06. The van der Waals surface area contributed by atoms with Crippen LogP contribution in [0.1, 0.15) is 6.42 Å². The van der Waals surface area contributed by atoms with Crippen molar-refractivity contribution < 1.29 is 4.74 Å². The van der Waals surface area contributed by atoms with E-state index in [9.17, 15) is 0 Å². The number of nitrogens with zero attached hydrogens (tertiary/aromatic N) is 1. The van der Waals surface area contributed by atoms with Crippen molar-refractivity contribution in [1.29, 1.82) is 0 Å². The molecule has 0 fully saturated rings. The Kier molecular flexibility index (Phi) is 3.77. The van der Waals surface area contributed by atoms with E-state index in [-0.39, 0.29) is 0 Å². The molecule has 0 saturated carbocycles. The van der Waals surface area contributed by atoms with Gasteiger partial charge in [-0.3, -0.25) is 4.98 Å². The molecule has 4 nitrogen and oxygen atoms in total. The summed E-state index contributed by atoms with van der Waals surface area (Å²) in [5.41, 5.74) is 7.86. The van der Waals surface area contributed by atoms with Crippen LogP contribution in [-0.4, -0.2) is 25.2 Å². The monoisotopic (exact) mass is 231 g/mol. The smallest absolute Gasteiger partial charge is 0.0630 e. The molecule has 0 radical (unpaired) electrons. The van der Waals surface area contributed by atoms with Gasteiger partial charge in [-0.25, -0.2) is 0 Å². The maximum absolute atomic E-state index is 6.11. The number of hydrogen-bond acceptors (Lipinski definition) is 4. The molecular weight excluding hydrogens is 214 g/mol. The molecule has 0 amide bonds. The zero-order valence-corrected chi connectivity index (χ0v) is 9.94. The molecule has 0 saturated heterocycles. The first-order valence-corrected chi connectivity index (χ1v) is 5.68. The van der Waals surface area contributed by atoms with Gasteiger partial charge in [-0.05, 0) is 18.6 Å². The van der Waals surface area contributed by atoms with Gasteiger partial charge in [0.2, 0.25) is 0 Å². The molecule has 17 heavy (non-hydrogen) atoms. The van der Waals surface area contributed by atoms with Gasteiger partial charge in [0, 0.05) is 43.4 Å². The van der Waals surface area contributed by atoms with Gasteiger partial charge in [0.1, 0.15) is 0 Å². The molecular formula is C13H17N3O. The second-order valence-electron chi connectivity index (χ2n) is 3.90. The first kappa shape index (κ1) is 11.7. The van der Waals surface area contributed by atoms with Crippen molar-refractivity contribution in [1.82, 2.24) is 4.98 Å². The number of aromatic nitrogens is 1. The summed E-state index contributed by atoms with van der Waals surface area (Å²) in [7, 11) is 1.71. The van der Waals surface area contributed by atoms with Gasteiger partial charge in [-0.15, -0.1) is 0 Å². The average Bonchev–Trinajstić information content (AvgIpc) is 2.37. The summed E-state index contributed by atoms with van der Waals surface area (Å²) in [6, 6.07) is 5.95. The third-order valence-electron chi connectivity index (χ3n) is 2.70. The fourth-order valence-electron chi connectivity index (χ4n) is 1.79. The number of benzene rings is 1. The first-order chi connectivity index (χ1) is 8.33. The van der Waals surface area contributed by atoms with Gasteiger partial charge in [0.25, 0.3) is 0 Å². The predicted octanol–water partition coefficient (Wildman–Crippen LogP) is 2.27. The number of ether oxygens (including phenoxy) is 1. The number of rotatable bonds is 5. The average molecular weight is 231 g/mol. The van der Waals surface area contributed by atoms with E-state index in [2.05, 4.69) is 10.3 Å². The molecule has 90 valence electrons. The second-order valence-corrected chi connectivity index (χ2v) is 3.90. The Morgan fingerprint density at radius 2 is 2.24 bits per heavy atom. The van der Waals surface area contributed by atoms with Crippen molar-refractivity contribution in [3.63, 3.8) is 0 Å². The highest BCUT2D eigenvalue weighted by Gasteiger charge is 2.03. The van der Waals surface area contributed by atoms with Crippen molar-refractivity contribution in [3.05, 3.63) is 30.6 Å². The van der Waals surface area contributed by atoms with E-state index in [1.165, 1.54) is 0 Å². The largest absolute Gasteiger partial charge is 0.397 e. The van der Waals surface area contributed by atoms with Crippen molar-refractivity contribution in [2.45, 2.75) is 6.42 Å². The van der Waals surface area contributed by atoms with Crippen molar-refractivity contribution in [2.24, 2.45) is 0 Å². The van der Waals surface area contributed by atoms with E-state index in [0.29, 0.717) is 0 Å². The molecule has 4 heteroatoms. The van der Waals surface area contributed by atoms with Gasteiger partial charge in [0.15, 0.2) is 0 Å². The number of hydrogen-bond donors (Lipinski definition) is 2. The highest BCUT2D eigenvalue weighted by atomic mass is 16.5. The lowest BCUT2D eigenvalue weighted by Gasteiger charge is -2.11. The molecule has 3 N–H and O–H groups in total. The number of fused-ring (bicyclic) bond motifs is 1. The summed E-state index contributed by atoms with van der Waals surface area (Å²) in [6.07, 6.45) is 4.54. The van der Waals surface area contributed by atoms with Crippen LogP contribution in [0.3, 0.4) is 0 Å². The molecule has 1 aromatic carbocycles. The highest BCUT2D eigenvalue weighted by molar-refractivity contribution is 5.98. The van der Waals surface area contributed by atoms with Crippen LogP contribution in [0.25, 0.3) is 10.8 Å². The predicted molar refractivity (Wildman–Crippen MR) is 71.1 cm³/mol. The molecule has 0 aliphatic heterocycles. The van der Waals surface area contributed by atoms with Crippen LogP contribution in [0, 0.1) is 0 Å². The Hall–Kier alpha value is -1.81. The molecule has 0 unspecified atom stereocenters. The highest BCUT2D eigenvalue weighted by Crippen LogP contribution is 2.27. The van der Waals surface area contributed by atoms with Gasteiger partial charge < -0.3 is 15.8 Å². The molecule has 0 spiro atoms.